The predicted octanol–water partition coefficient (Wildman–Crippen LogP) is 9.72. The van der Waals surface area contributed by atoms with Crippen LogP contribution in [-0.2, 0) is 12.8 Å². The van der Waals surface area contributed by atoms with Crippen LogP contribution in [0.15, 0.2) is 73.3 Å². The van der Waals surface area contributed by atoms with Crippen LogP contribution in [-0.4, -0.2) is 0 Å². The molecule has 0 radical (unpaired) electrons. The van der Waals surface area contributed by atoms with Crippen LogP contribution in [0.2, 0.25) is 0 Å². The van der Waals surface area contributed by atoms with Crippen LogP contribution in [0.1, 0.15) is 86.3 Å². The smallest absolute Gasteiger partial charge is 0.00254 e. The summed E-state index contributed by atoms with van der Waals surface area (Å²) in [6.07, 6.45) is 10.7. The number of hydrogen-bond acceptors (Lipinski definition) is 0. The minimum atomic E-state index is 0.473. The van der Waals surface area contributed by atoms with Gasteiger partial charge in [0, 0.05) is 0 Å². The second-order valence-corrected chi connectivity index (χ2v) is 11.4. The first-order valence-corrected chi connectivity index (χ1v) is 13.6. The molecule has 1 saturated carbocycles. The van der Waals surface area contributed by atoms with Crippen LogP contribution in [0, 0.1) is 17.8 Å². The first-order chi connectivity index (χ1) is 16.9. The lowest BCUT2D eigenvalue weighted by Crippen LogP contribution is -2.23. The molecule has 0 nitrogen and oxygen atoms in total. The van der Waals surface area contributed by atoms with Crippen molar-refractivity contribution in [2.75, 3.05) is 0 Å². The van der Waals surface area contributed by atoms with Gasteiger partial charge < -0.3 is 0 Å². The van der Waals surface area contributed by atoms with Gasteiger partial charge in [-0.05, 0) is 86.6 Å². The molecule has 2 unspecified atom stereocenters. The summed E-state index contributed by atoms with van der Waals surface area (Å²) in [5.74, 6) is 2.60. The Morgan fingerprint density at radius 3 is 2.37 bits per heavy atom. The highest BCUT2D eigenvalue weighted by Gasteiger charge is 2.29. The summed E-state index contributed by atoms with van der Waals surface area (Å²) in [7, 11) is 0. The first-order valence-electron chi connectivity index (χ1n) is 13.6. The summed E-state index contributed by atoms with van der Waals surface area (Å²) in [4.78, 5) is 0. The highest BCUT2D eigenvalue weighted by atomic mass is 14.3. The lowest BCUT2D eigenvalue weighted by molar-refractivity contribution is 0.249. The maximum absolute atomic E-state index is 4.28. The molecule has 180 valence electrons. The van der Waals surface area contributed by atoms with E-state index < -0.39 is 0 Å². The van der Waals surface area contributed by atoms with Crippen LogP contribution in [0.4, 0.5) is 0 Å². The summed E-state index contributed by atoms with van der Waals surface area (Å²) < 4.78 is 0. The zero-order valence-corrected chi connectivity index (χ0v) is 22.0. The van der Waals surface area contributed by atoms with E-state index >= 15 is 0 Å². The standard InChI is InChI=1S/C35H40/c1-23(2)26(5)29-17-15-27(16-18-29)19-28-20-31(34-14-8-12-30-11-7-13-33(30)34)22-32(21-28)35-24(3)9-6-10-25(35)4/h7-8,12-18,20-25,35H,5-6,9-11,19H2,1-4H3. The zero-order chi connectivity index (χ0) is 24.5. The van der Waals surface area contributed by atoms with Crippen LogP contribution in [0.3, 0.4) is 0 Å². The molecule has 3 aromatic carbocycles. The van der Waals surface area contributed by atoms with E-state index in [4.69, 9.17) is 0 Å². The SMILES string of the molecule is C=C(c1ccc(Cc2cc(-c3cccc4c3C=CC4)cc(C3C(C)CCCC3C)c2)cc1)C(C)C. The van der Waals surface area contributed by atoms with E-state index in [1.165, 1.54) is 63.8 Å². The molecule has 3 aromatic rings. The lowest BCUT2D eigenvalue weighted by atomic mass is 9.69. The molecule has 0 aliphatic heterocycles. The second-order valence-electron chi connectivity index (χ2n) is 11.4. The van der Waals surface area contributed by atoms with E-state index in [0.29, 0.717) is 11.8 Å². The normalized spacial score (nSPS) is 21.3. The van der Waals surface area contributed by atoms with Crippen molar-refractivity contribution in [3.05, 3.63) is 107 Å². The Bertz CT molecular complexity index is 1230. The van der Waals surface area contributed by atoms with Crippen molar-refractivity contribution in [1.82, 2.24) is 0 Å². The van der Waals surface area contributed by atoms with Crippen LogP contribution in [0.25, 0.3) is 22.8 Å². The summed E-state index contributed by atoms with van der Waals surface area (Å²) in [6, 6.07) is 23.4. The Morgan fingerprint density at radius 1 is 0.914 bits per heavy atom. The fourth-order valence-corrected chi connectivity index (χ4v) is 6.46. The molecule has 1 fully saturated rings. The predicted molar refractivity (Wildman–Crippen MR) is 153 cm³/mol. The molecular formula is C35H40. The number of rotatable bonds is 6. The van der Waals surface area contributed by atoms with Gasteiger partial charge in [0.25, 0.3) is 0 Å². The van der Waals surface area contributed by atoms with Crippen molar-refractivity contribution in [2.24, 2.45) is 17.8 Å². The third kappa shape index (κ3) is 4.94. The van der Waals surface area contributed by atoms with Gasteiger partial charge in [0.2, 0.25) is 0 Å². The summed E-state index contributed by atoms with van der Waals surface area (Å²) >= 11 is 0. The first kappa shape index (κ1) is 23.9. The topological polar surface area (TPSA) is 0 Å². The van der Waals surface area contributed by atoms with Crippen molar-refractivity contribution >= 4 is 11.6 Å². The van der Waals surface area contributed by atoms with Crippen LogP contribution in [0.5, 0.6) is 0 Å². The van der Waals surface area contributed by atoms with Crippen molar-refractivity contribution in [2.45, 2.75) is 65.7 Å². The van der Waals surface area contributed by atoms with Crippen molar-refractivity contribution in [3.63, 3.8) is 0 Å². The molecule has 0 aromatic heterocycles. The summed E-state index contributed by atoms with van der Waals surface area (Å²) in [6.45, 7) is 13.6. The minimum Gasteiger partial charge on any atom is -0.0950 e. The fraction of sp³-hybridized carbons (Fsp3) is 0.371. The van der Waals surface area contributed by atoms with Crippen molar-refractivity contribution < 1.29 is 0 Å². The van der Waals surface area contributed by atoms with E-state index in [1.807, 2.05) is 0 Å². The quantitative estimate of drug-likeness (QED) is 0.343. The van der Waals surface area contributed by atoms with Gasteiger partial charge in [-0.15, -0.1) is 0 Å². The van der Waals surface area contributed by atoms with Crippen molar-refractivity contribution in [3.8, 4) is 11.1 Å². The average molecular weight is 461 g/mol. The molecular weight excluding hydrogens is 420 g/mol. The largest absolute Gasteiger partial charge is 0.0950 e. The van der Waals surface area contributed by atoms with Gasteiger partial charge in [0.1, 0.15) is 0 Å². The average Bonchev–Trinajstić information content (AvgIpc) is 3.33. The van der Waals surface area contributed by atoms with Gasteiger partial charge in [-0.1, -0.05) is 126 Å². The van der Waals surface area contributed by atoms with Gasteiger partial charge in [-0.25, -0.2) is 0 Å². The molecule has 0 N–H and O–H groups in total. The van der Waals surface area contributed by atoms with E-state index in [2.05, 4.69) is 107 Å². The molecule has 2 atom stereocenters. The number of fused-ring (bicyclic) bond motifs is 1. The van der Waals surface area contributed by atoms with Crippen LogP contribution < -0.4 is 0 Å². The molecule has 0 spiro atoms. The maximum Gasteiger partial charge on any atom is -0.00254 e. The molecule has 2 aliphatic carbocycles. The highest BCUT2D eigenvalue weighted by molar-refractivity contribution is 5.80. The Hall–Kier alpha value is -2.86. The second kappa shape index (κ2) is 10.0. The monoisotopic (exact) mass is 460 g/mol. The van der Waals surface area contributed by atoms with Crippen molar-refractivity contribution in [1.29, 1.82) is 0 Å². The van der Waals surface area contributed by atoms with Gasteiger partial charge >= 0.3 is 0 Å². The summed E-state index contributed by atoms with van der Waals surface area (Å²) in [5.41, 5.74) is 12.5. The Balaban J connectivity index is 1.54. The number of allylic oxidation sites excluding steroid dienone is 2. The minimum absolute atomic E-state index is 0.473. The van der Waals surface area contributed by atoms with E-state index in [9.17, 15) is 0 Å². The molecule has 0 heteroatoms. The van der Waals surface area contributed by atoms with Gasteiger partial charge in [0.15, 0.2) is 0 Å². The van der Waals surface area contributed by atoms with E-state index in [-0.39, 0.29) is 0 Å². The van der Waals surface area contributed by atoms with Gasteiger partial charge in [-0.3, -0.25) is 0 Å². The Morgan fingerprint density at radius 2 is 1.66 bits per heavy atom. The lowest BCUT2D eigenvalue weighted by Gasteiger charge is -2.35. The zero-order valence-electron chi connectivity index (χ0n) is 22.0. The molecule has 0 heterocycles. The Labute approximate surface area is 212 Å². The number of benzene rings is 3. The number of hydrogen-bond donors (Lipinski definition) is 0. The maximum atomic E-state index is 4.28. The Kier molecular flexibility index (Phi) is 6.83. The van der Waals surface area contributed by atoms with E-state index in [1.54, 1.807) is 5.56 Å². The molecule has 35 heavy (non-hydrogen) atoms. The molecule has 5 rings (SSSR count). The third-order valence-corrected chi connectivity index (χ3v) is 8.50. The molecule has 0 saturated heterocycles. The van der Waals surface area contributed by atoms with Crippen LogP contribution >= 0.6 is 0 Å². The molecule has 0 bridgehead atoms. The fourth-order valence-electron chi connectivity index (χ4n) is 6.46. The molecule has 2 aliphatic rings. The molecule has 0 amide bonds. The van der Waals surface area contributed by atoms with Gasteiger partial charge in [0.05, 0.1) is 0 Å². The van der Waals surface area contributed by atoms with Gasteiger partial charge in [-0.2, -0.15) is 0 Å². The highest BCUT2D eigenvalue weighted by Crippen LogP contribution is 2.43. The summed E-state index contributed by atoms with van der Waals surface area (Å²) in [5, 5.41) is 0. The third-order valence-electron chi connectivity index (χ3n) is 8.50. The van der Waals surface area contributed by atoms with E-state index in [0.717, 1.165) is 24.7 Å².